The van der Waals surface area contributed by atoms with Gasteiger partial charge >= 0.3 is 0 Å². The summed E-state index contributed by atoms with van der Waals surface area (Å²) in [7, 11) is 0. The van der Waals surface area contributed by atoms with Gasteiger partial charge in [0.05, 0.1) is 0 Å². The number of nitrogens with one attached hydrogen (secondary N) is 1. The highest BCUT2D eigenvalue weighted by Crippen LogP contribution is 2.25. The number of ether oxygens (including phenoxy) is 1. The molecule has 2 amide bonds. The molecule has 0 saturated heterocycles. The van der Waals surface area contributed by atoms with Crippen molar-refractivity contribution in [1.82, 2.24) is 10.2 Å². The van der Waals surface area contributed by atoms with Crippen LogP contribution in [0.5, 0.6) is 5.75 Å². The SMILES string of the molecule is CCC(C)NC(=O)C(C)N(Cc1cccc(Br)c1)C(=O)COc1cccc2ccccc12. The van der Waals surface area contributed by atoms with Gasteiger partial charge in [0.15, 0.2) is 6.61 Å². The summed E-state index contributed by atoms with van der Waals surface area (Å²) in [5.74, 6) is 0.230. The molecule has 0 aliphatic heterocycles. The molecule has 2 unspecified atom stereocenters. The third-order valence-corrected chi connectivity index (χ3v) is 6.00. The van der Waals surface area contributed by atoms with Gasteiger partial charge in [-0.3, -0.25) is 9.59 Å². The summed E-state index contributed by atoms with van der Waals surface area (Å²) in [6.07, 6.45) is 0.822. The second kappa shape index (κ2) is 11.1. The van der Waals surface area contributed by atoms with Crippen LogP contribution in [0.2, 0.25) is 0 Å². The number of carbonyl (C=O) groups is 2. The van der Waals surface area contributed by atoms with Gasteiger partial charge in [-0.15, -0.1) is 0 Å². The largest absolute Gasteiger partial charge is 0.483 e. The Morgan fingerprint density at radius 2 is 1.75 bits per heavy atom. The summed E-state index contributed by atoms with van der Waals surface area (Å²) in [5, 5.41) is 4.97. The minimum Gasteiger partial charge on any atom is -0.483 e. The highest BCUT2D eigenvalue weighted by Gasteiger charge is 2.27. The predicted octanol–water partition coefficient (Wildman–Crippen LogP) is 5.31. The van der Waals surface area contributed by atoms with Gasteiger partial charge < -0.3 is 15.0 Å². The molecule has 2 atom stereocenters. The van der Waals surface area contributed by atoms with Crippen molar-refractivity contribution in [2.24, 2.45) is 0 Å². The highest BCUT2D eigenvalue weighted by atomic mass is 79.9. The zero-order valence-electron chi connectivity index (χ0n) is 18.7. The van der Waals surface area contributed by atoms with E-state index in [1.807, 2.05) is 80.6 Å². The van der Waals surface area contributed by atoms with E-state index in [9.17, 15) is 9.59 Å². The van der Waals surface area contributed by atoms with Crippen molar-refractivity contribution in [2.45, 2.75) is 45.8 Å². The number of fused-ring (bicyclic) bond motifs is 1. The number of carbonyl (C=O) groups excluding carboxylic acids is 2. The van der Waals surface area contributed by atoms with Gasteiger partial charge in [-0.2, -0.15) is 0 Å². The zero-order chi connectivity index (χ0) is 23.1. The molecule has 0 fully saturated rings. The Balaban J connectivity index is 1.79. The van der Waals surface area contributed by atoms with Crippen molar-refractivity contribution in [3.63, 3.8) is 0 Å². The summed E-state index contributed by atoms with van der Waals surface area (Å²) in [6, 6.07) is 20.8. The number of amides is 2. The molecular formula is C26H29BrN2O3. The molecule has 0 heterocycles. The molecule has 0 radical (unpaired) electrons. The summed E-state index contributed by atoms with van der Waals surface area (Å²) in [4.78, 5) is 27.6. The lowest BCUT2D eigenvalue weighted by atomic mass is 10.1. The van der Waals surface area contributed by atoms with E-state index in [-0.39, 0.29) is 24.5 Å². The monoisotopic (exact) mass is 496 g/mol. The van der Waals surface area contributed by atoms with Gasteiger partial charge in [0.25, 0.3) is 5.91 Å². The second-order valence-corrected chi connectivity index (χ2v) is 8.83. The molecule has 3 aromatic carbocycles. The highest BCUT2D eigenvalue weighted by molar-refractivity contribution is 9.10. The average Bonchev–Trinajstić information content (AvgIpc) is 2.80. The van der Waals surface area contributed by atoms with E-state index >= 15 is 0 Å². The zero-order valence-corrected chi connectivity index (χ0v) is 20.3. The first-order valence-corrected chi connectivity index (χ1v) is 11.6. The van der Waals surface area contributed by atoms with Crippen molar-refractivity contribution in [2.75, 3.05) is 6.61 Å². The molecule has 32 heavy (non-hydrogen) atoms. The van der Waals surface area contributed by atoms with Crippen LogP contribution in [0.3, 0.4) is 0 Å². The van der Waals surface area contributed by atoms with Gasteiger partial charge in [-0.1, -0.05) is 71.4 Å². The van der Waals surface area contributed by atoms with Crippen LogP contribution >= 0.6 is 15.9 Å². The van der Waals surface area contributed by atoms with E-state index in [1.54, 1.807) is 11.8 Å². The van der Waals surface area contributed by atoms with Crippen LogP contribution in [0.15, 0.2) is 71.2 Å². The molecule has 5 nitrogen and oxygen atoms in total. The van der Waals surface area contributed by atoms with Gasteiger partial charge in [-0.05, 0) is 49.4 Å². The molecule has 0 spiro atoms. The molecule has 3 rings (SSSR count). The summed E-state index contributed by atoms with van der Waals surface area (Å²) in [5.41, 5.74) is 0.932. The molecule has 1 N–H and O–H groups in total. The van der Waals surface area contributed by atoms with Crippen molar-refractivity contribution in [3.05, 3.63) is 76.8 Å². The van der Waals surface area contributed by atoms with Gasteiger partial charge in [0.2, 0.25) is 5.91 Å². The summed E-state index contributed by atoms with van der Waals surface area (Å²) >= 11 is 3.47. The number of hydrogen-bond acceptors (Lipinski definition) is 3. The Morgan fingerprint density at radius 3 is 2.50 bits per heavy atom. The Kier molecular flexibility index (Phi) is 8.28. The second-order valence-electron chi connectivity index (χ2n) is 7.91. The van der Waals surface area contributed by atoms with Crippen LogP contribution in [-0.2, 0) is 16.1 Å². The Morgan fingerprint density at radius 1 is 1.03 bits per heavy atom. The summed E-state index contributed by atoms with van der Waals surface area (Å²) < 4.78 is 6.85. The van der Waals surface area contributed by atoms with Gasteiger partial charge in [0.1, 0.15) is 11.8 Å². The first-order valence-electron chi connectivity index (χ1n) is 10.8. The first kappa shape index (κ1) is 23.8. The molecule has 0 aromatic heterocycles. The number of benzene rings is 3. The van der Waals surface area contributed by atoms with E-state index in [4.69, 9.17) is 4.74 Å². The van der Waals surface area contributed by atoms with E-state index in [0.29, 0.717) is 12.3 Å². The fraction of sp³-hybridized carbons (Fsp3) is 0.308. The van der Waals surface area contributed by atoms with Crippen LogP contribution in [0, 0.1) is 0 Å². The Hall–Kier alpha value is -2.86. The predicted molar refractivity (Wildman–Crippen MR) is 131 cm³/mol. The number of nitrogens with zero attached hydrogens (tertiary/aromatic N) is 1. The minimum atomic E-state index is -0.633. The lowest BCUT2D eigenvalue weighted by molar-refractivity contribution is -0.142. The van der Waals surface area contributed by atoms with Crippen LogP contribution in [-0.4, -0.2) is 35.4 Å². The number of rotatable bonds is 9. The van der Waals surface area contributed by atoms with Crippen molar-refractivity contribution < 1.29 is 14.3 Å². The Labute approximate surface area is 197 Å². The average molecular weight is 497 g/mol. The molecule has 168 valence electrons. The lowest BCUT2D eigenvalue weighted by Crippen LogP contribution is -2.50. The summed E-state index contributed by atoms with van der Waals surface area (Å²) in [6.45, 7) is 5.88. The Bertz CT molecular complexity index is 1080. The van der Waals surface area contributed by atoms with Crippen LogP contribution < -0.4 is 10.1 Å². The topological polar surface area (TPSA) is 58.6 Å². The third kappa shape index (κ3) is 6.10. The van der Waals surface area contributed by atoms with Crippen molar-refractivity contribution in [1.29, 1.82) is 0 Å². The lowest BCUT2D eigenvalue weighted by Gasteiger charge is -2.29. The van der Waals surface area contributed by atoms with E-state index < -0.39 is 6.04 Å². The normalized spacial score (nSPS) is 12.8. The van der Waals surface area contributed by atoms with Crippen molar-refractivity contribution >= 4 is 38.5 Å². The molecule has 0 aliphatic rings. The smallest absolute Gasteiger partial charge is 0.261 e. The van der Waals surface area contributed by atoms with Crippen LogP contribution in [0.25, 0.3) is 10.8 Å². The fourth-order valence-corrected chi connectivity index (χ4v) is 3.87. The van der Waals surface area contributed by atoms with Crippen LogP contribution in [0.4, 0.5) is 0 Å². The van der Waals surface area contributed by atoms with Gasteiger partial charge in [-0.25, -0.2) is 0 Å². The molecule has 0 saturated carbocycles. The maximum atomic E-state index is 13.3. The van der Waals surface area contributed by atoms with E-state index in [0.717, 1.165) is 27.2 Å². The quantitative estimate of drug-likeness (QED) is 0.436. The minimum absolute atomic E-state index is 0.0414. The van der Waals surface area contributed by atoms with Crippen molar-refractivity contribution in [3.8, 4) is 5.75 Å². The standard InChI is InChI=1S/C26H29BrN2O3/c1-4-18(2)28-26(31)19(3)29(16-20-9-7-12-22(27)15-20)25(30)17-32-24-14-8-11-21-10-5-6-13-23(21)24/h5-15,18-19H,4,16-17H2,1-3H3,(H,28,31). The fourth-order valence-electron chi connectivity index (χ4n) is 3.42. The molecule has 6 heteroatoms. The first-order chi connectivity index (χ1) is 15.4. The van der Waals surface area contributed by atoms with Crippen LogP contribution in [0.1, 0.15) is 32.8 Å². The maximum absolute atomic E-state index is 13.3. The number of hydrogen-bond donors (Lipinski definition) is 1. The molecular weight excluding hydrogens is 468 g/mol. The maximum Gasteiger partial charge on any atom is 0.261 e. The van der Waals surface area contributed by atoms with E-state index in [1.165, 1.54) is 0 Å². The molecule has 3 aromatic rings. The number of halogens is 1. The molecule has 0 bridgehead atoms. The third-order valence-electron chi connectivity index (χ3n) is 5.51. The van der Waals surface area contributed by atoms with Gasteiger partial charge in [0, 0.05) is 22.4 Å². The van der Waals surface area contributed by atoms with E-state index in [2.05, 4.69) is 21.2 Å². The molecule has 0 aliphatic carbocycles.